The second-order valence-corrected chi connectivity index (χ2v) is 8.26. The fourth-order valence-corrected chi connectivity index (χ4v) is 3.43. The van der Waals surface area contributed by atoms with Crippen LogP contribution in [0.25, 0.3) is 0 Å². The molecule has 0 aromatic heterocycles. The number of alkyl halides is 3. The predicted molar refractivity (Wildman–Crippen MR) is 112 cm³/mol. The second-order valence-electron chi connectivity index (χ2n) is 7.85. The molecule has 0 atom stereocenters. The molecule has 0 saturated carbocycles. The number of carbonyl (C=O) groups excluding carboxylic acids is 1. The number of ether oxygens (including phenoxy) is 3. The van der Waals surface area contributed by atoms with E-state index in [1.807, 2.05) is 13.8 Å². The monoisotopic (exact) mass is 466 g/mol. The topological polar surface area (TPSA) is 51.2 Å². The van der Waals surface area contributed by atoms with Crippen molar-refractivity contribution >= 4 is 17.5 Å². The molecule has 0 N–H and O–H groups in total. The Hall–Kier alpha value is -1.71. The number of hydrogen-bond donors (Lipinski definition) is 0. The van der Waals surface area contributed by atoms with Gasteiger partial charge in [0.15, 0.2) is 11.5 Å². The first-order valence-electron chi connectivity index (χ1n) is 10.3. The third-order valence-electron chi connectivity index (χ3n) is 4.73. The van der Waals surface area contributed by atoms with E-state index in [9.17, 15) is 18.0 Å². The van der Waals surface area contributed by atoms with Crippen LogP contribution in [0, 0.1) is 5.92 Å². The van der Waals surface area contributed by atoms with Crippen molar-refractivity contribution in [2.24, 2.45) is 5.92 Å². The van der Waals surface area contributed by atoms with E-state index in [1.165, 1.54) is 7.11 Å². The van der Waals surface area contributed by atoms with Gasteiger partial charge in [0, 0.05) is 44.9 Å². The first-order chi connectivity index (χ1) is 14.6. The van der Waals surface area contributed by atoms with Gasteiger partial charge >= 0.3 is 6.18 Å². The van der Waals surface area contributed by atoms with Gasteiger partial charge in [-0.1, -0.05) is 25.4 Å². The molecule has 1 heterocycles. The van der Waals surface area contributed by atoms with Crippen molar-refractivity contribution in [2.75, 3.05) is 59.7 Å². The first-order valence-corrected chi connectivity index (χ1v) is 10.6. The quantitative estimate of drug-likeness (QED) is 0.486. The number of hydrogen-bond acceptors (Lipinski definition) is 5. The van der Waals surface area contributed by atoms with Gasteiger partial charge in [0.1, 0.15) is 6.61 Å². The van der Waals surface area contributed by atoms with Crippen LogP contribution in [-0.4, -0.2) is 81.5 Å². The largest absolute Gasteiger partial charge is 0.493 e. The van der Waals surface area contributed by atoms with Crippen LogP contribution in [0.3, 0.4) is 0 Å². The maximum absolute atomic E-state index is 12.9. The van der Waals surface area contributed by atoms with Crippen LogP contribution in [0.1, 0.15) is 30.6 Å². The van der Waals surface area contributed by atoms with E-state index in [1.54, 1.807) is 17.0 Å². The predicted octanol–water partition coefficient (Wildman–Crippen LogP) is 4.11. The number of benzene rings is 1. The van der Waals surface area contributed by atoms with Crippen molar-refractivity contribution in [3.63, 3.8) is 0 Å². The molecule has 1 aliphatic rings. The molecular formula is C21H30ClF3N2O4. The average Bonchev–Trinajstić information content (AvgIpc) is 2.71. The van der Waals surface area contributed by atoms with Gasteiger partial charge in [-0.25, -0.2) is 0 Å². The van der Waals surface area contributed by atoms with Gasteiger partial charge in [-0.2, -0.15) is 13.2 Å². The minimum absolute atomic E-state index is 0.0577. The van der Waals surface area contributed by atoms with E-state index in [2.05, 4.69) is 9.64 Å². The highest BCUT2D eigenvalue weighted by Gasteiger charge is 2.27. The molecule has 2 rings (SSSR count). The lowest BCUT2D eigenvalue weighted by atomic mass is 10.1. The molecule has 1 fully saturated rings. The summed E-state index contributed by atoms with van der Waals surface area (Å²) in [6.07, 6.45) is -3.79. The maximum Gasteiger partial charge on any atom is 0.411 e. The number of rotatable bonds is 10. The van der Waals surface area contributed by atoms with Gasteiger partial charge in [-0.3, -0.25) is 9.69 Å². The fraction of sp³-hybridized carbons (Fsp3) is 0.667. The van der Waals surface area contributed by atoms with E-state index in [4.69, 9.17) is 21.1 Å². The maximum atomic E-state index is 12.9. The normalized spacial score (nSPS) is 15.4. The Morgan fingerprint density at radius 2 is 1.87 bits per heavy atom. The summed E-state index contributed by atoms with van der Waals surface area (Å²) in [6, 6.07) is 3.22. The molecule has 176 valence electrons. The molecule has 6 nitrogen and oxygen atoms in total. The van der Waals surface area contributed by atoms with Crippen LogP contribution in [0.5, 0.6) is 11.5 Å². The molecular weight excluding hydrogens is 437 g/mol. The molecule has 31 heavy (non-hydrogen) atoms. The fourth-order valence-electron chi connectivity index (χ4n) is 3.17. The molecule has 1 saturated heterocycles. The van der Waals surface area contributed by atoms with Crippen LogP contribution in [-0.2, 0) is 4.74 Å². The lowest BCUT2D eigenvalue weighted by molar-refractivity contribution is -0.174. The Labute approximate surface area is 186 Å². The van der Waals surface area contributed by atoms with Crippen LogP contribution in [0.15, 0.2) is 12.1 Å². The standard InChI is InChI=1S/C21H30ClF3N2O4/c1-15(2)13-31-19-17(22)11-16(12-18(19)29-3)20(28)27-8-6-26(7-9-27)5-4-10-30-14-21(23,24)25/h11-12,15H,4-10,13-14H2,1-3H3. The molecule has 1 aromatic carbocycles. The van der Waals surface area contributed by atoms with Gasteiger partial charge in [0.2, 0.25) is 0 Å². The zero-order chi connectivity index (χ0) is 23.0. The molecule has 0 radical (unpaired) electrons. The Balaban J connectivity index is 1.86. The van der Waals surface area contributed by atoms with Crippen molar-refractivity contribution in [3.05, 3.63) is 22.7 Å². The zero-order valence-corrected chi connectivity index (χ0v) is 18.9. The highest BCUT2D eigenvalue weighted by molar-refractivity contribution is 6.32. The third kappa shape index (κ3) is 8.38. The summed E-state index contributed by atoms with van der Waals surface area (Å²) in [5.41, 5.74) is 0.424. The Kier molecular flexibility index (Phi) is 9.71. The van der Waals surface area contributed by atoms with Crippen molar-refractivity contribution in [3.8, 4) is 11.5 Å². The second kappa shape index (κ2) is 11.8. The smallest absolute Gasteiger partial charge is 0.411 e. The lowest BCUT2D eigenvalue weighted by Gasteiger charge is -2.34. The summed E-state index contributed by atoms with van der Waals surface area (Å²) < 4.78 is 51.9. The van der Waals surface area contributed by atoms with Crippen molar-refractivity contribution in [1.29, 1.82) is 0 Å². The van der Waals surface area contributed by atoms with Crippen molar-refractivity contribution in [2.45, 2.75) is 26.4 Å². The van der Waals surface area contributed by atoms with Crippen molar-refractivity contribution < 1.29 is 32.2 Å². The van der Waals surface area contributed by atoms with Crippen LogP contribution in [0.4, 0.5) is 13.2 Å². The molecule has 0 unspecified atom stereocenters. The summed E-state index contributed by atoms with van der Waals surface area (Å²) in [5, 5.41) is 0.320. The molecule has 0 spiro atoms. The minimum Gasteiger partial charge on any atom is -0.493 e. The molecule has 1 aliphatic heterocycles. The number of halogens is 4. The number of piperazine rings is 1. The van der Waals surface area contributed by atoms with E-state index >= 15 is 0 Å². The van der Waals surface area contributed by atoms with Crippen molar-refractivity contribution in [1.82, 2.24) is 9.80 Å². The Bertz CT molecular complexity index is 723. The minimum atomic E-state index is -4.30. The van der Waals surface area contributed by atoms with E-state index in [0.29, 0.717) is 73.8 Å². The van der Waals surface area contributed by atoms with E-state index in [-0.39, 0.29) is 12.5 Å². The molecule has 0 aliphatic carbocycles. The number of methoxy groups -OCH3 is 1. The number of amides is 1. The van der Waals surface area contributed by atoms with Gasteiger partial charge in [-0.05, 0) is 24.5 Å². The summed E-state index contributed by atoms with van der Waals surface area (Å²) in [7, 11) is 1.50. The lowest BCUT2D eigenvalue weighted by Crippen LogP contribution is -2.49. The number of carbonyl (C=O) groups is 1. The van der Waals surface area contributed by atoms with Crippen LogP contribution >= 0.6 is 11.6 Å². The van der Waals surface area contributed by atoms with Gasteiger partial charge in [0.05, 0.1) is 18.7 Å². The highest BCUT2D eigenvalue weighted by Crippen LogP contribution is 2.37. The van der Waals surface area contributed by atoms with E-state index in [0.717, 1.165) is 0 Å². The summed E-state index contributed by atoms with van der Waals surface area (Å²) in [6.45, 7) is 6.32. The summed E-state index contributed by atoms with van der Waals surface area (Å²) >= 11 is 6.35. The molecule has 10 heteroatoms. The van der Waals surface area contributed by atoms with Crippen LogP contribution < -0.4 is 9.47 Å². The van der Waals surface area contributed by atoms with E-state index < -0.39 is 12.8 Å². The van der Waals surface area contributed by atoms with Gasteiger partial charge < -0.3 is 19.1 Å². The summed E-state index contributed by atoms with van der Waals surface area (Å²) in [5.74, 6) is 0.999. The highest BCUT2D eigenvalue weighted by atomic mass is 35.5. The SMILES string of the molecule is COc1cc(C(=O)N2CCN(CCCOCC(F)(F)F)CC2)cc(Cl)c1OCC(C)C. The van der Waals surface area contributed by atoms with Gasteiger partial charge in [0.25, 0.3) is 5.91 Å². The molecule has 1 amide bonds. The van der Waals surface area contributed by atoms with Crippen LogP contribution in [0.2, 0.25) is 5.02 Å². The average molecular weight is 467 g/mol. The number of nitrogens with zero attached hydrogens (tertiary/aromatic N) is 2. The molecule has 1 aromatic rings. The third-order valence-corrected chi connectivity index (χ3v) is 5.01. The Morgan fingerprint density at radius 3 is 2.45 bits per heavy atom. The van der Waals surface area contributed by atoms with Gasteiger partial charge in [-0.15, -0.1) is 0 Å². The summed E-state index contributed by atoms with van der Waals surface area (Å²) in [4.78, 5) is 16.8. The zero-order valence-electron chi connectivity index (χ0n) is 18.1. The molecule has 0 bridgehead atoms. The Morgan fingerprint density at radius 1 is 1.19 bits per heavy atom. The first kappa shape index (κ1) is 25.5.